The first kappa shape index (κ1) is 38.6. The summed E-state index contributed by atoms with van der Waals surface area (Å²) >= 11 is 0. The molecule has 52 heavy (non-hydrogen) atoms. The predicted octanol–water partition coefficient (Wildman–Crippen LogP) is 3.68. The Morgan fingerprint density at radius 1 is 1.02 bits per heavy atom. The van der Waals surface area contributed by atoms with E-state index in [2.05, 4.69) is 15.2 Å². The molecule has 1 aromatic carbocycles. The molecule has 3 N–H and O–H groups in total. The second-order valence-corrected chi connectivity index (χ2v) is 14.8. The van der Waals surface area contributed by atoms with E-state index in [1.165, 1.54) is 29.9 Å². The van der Waals surface area contributed by atoms with Crippen LogP contribution in [0.15, 0.2) is 48.8 Å². The SMILES string of the molecule is CC(C)C(=O)O[C@H]1[C@H](c2ccc3c(N)ncnn23)O[C@](C#N)(CO[P@@](=O)(N[C@@H](C)C(=O)OC2CCOCC2)Oc2ccccc2)[C@H]1OC(=O)C(C)C. The lowest BCUT2D eigenvalue weighted by Gasteiger charge is -2.31. The standard InChI is InChI=1S/C34H43N6O11P/c1-20(2)31(41)48-28-27(25-11-12-26-30(36)37-19-38-40(25)26)50-34(17-35,29(28)49-32(42)21(3)4)18-46-52(44,51-24-9-7-6-8-10-24)39-22(5)33(43)47-23-13-15-45-16-14-23/h6-12,19-23,27-29H,13-16,18H2,1-5H3,(H,39,44)(H2,36,37,38)/t22-,27-,28-,29-,34+,52-/m0/s1. The molecule has 2 fully saturated rings. The number of fused-ring (bicyclic) bond motifs is 1. The number of nitrogen functional groups attached to an aromatic ring is 1. The fraction of sp³-hybridized carbons (Fsp3) is 0.529. The molecule has 0 saturated carbocycles. The highest BCUT2D eigenvalue weighted by Gasteiger charge is 2.62. The number of nitriles is 1. The molecule has 3 aromatic rings. The van der Waals surface area contributed by atoms with Gasteiger partial charge < -0.3 is 33.9 Å². The summed E-state index contributed by atoms with van der Waals surface area (Å²) in [6.07, 6.45) is -2.50. The third-order valence-electron chi connectivity index (χ3n) is 8.40. The van der Waals surface area contributed by atoms with Crippen LogP contribution >= 0.6 is 7.75 Å². The van der Waals surface area contributed by atoms with Crippen molar-refractivity contribution >= 4 is 37.0 Å². The Morgan fingerprint density at radius 3 is 2.35 bits per heavy atom. The Labute approximate surface area is 300 Å². The van der Waals surface area contributed by atoms with Crippen molar-refractivity contribution in [1.82, 2.24) is 19.7 Å². The van der Waals surface area contributed by atoms with Gasteiger partial charge >= 0.3 is 25.7 Å². The maximum atomic E-state index is 14.5. The molecule has 17 nitrogen and oxygen atoms in total. The van der Waals surface area contributed by atoms with Crippen molar-refractivity contribution in [1.29, 1.82) is 5.26 Å². The van der Waals surface area contributed by atoms with Crippen LogP contribution in [0.4, 0.5) is 5.82 Å². The van der Waals surface area contributed by atoms with Crippen LogP contribution in [0.3, 0.4) is 0 Å². The molecule has 0 radical (unpaired) electrons. The monoisotopic (exact) mass is 742 g/mol. The summed E-state index contributed by atoms with van der Waals surface area (Å²) in [5, 5.41) is 17.7. The molecule has 18 heteroatoms. The zero-order valence-corrected chi connectivity index (χ0v) is 30.4. The zero-order valence-electron chi connectivity index (χ0n) is 29.5. The third kappa shape index (κ3) is 8.71. The molecule has 2 aliphatic heterocycles. The van der Waals surface area contributed by atoms with Crippen molar-refractivity contribution in [2.24, 2.45) is 11.8 Å². The van der Waals surface area contributed by atoms with Crippen LogP contribution in [0.25, 0.3) is 5.52 Å². The van der Waals surface area contributed by atoms with E-state index >= 15 is 0 Å². The number of benzene rings is 1. The van der Waals surface area contributed by atoms with Gasteiger partial charge in [-0.15, -0.1) is 0 Å². The van der Waals surface area contributed by atoms with Crippen LogP contribution in [0.2, 0.25) is 0 Å². The molecule has 2 saturated heterocycles. The van der Waals surface area contributed by atoms with Gasteiger partial charge in [0.15, 0.2) is 18.0 Å². The number of anilines is 1. The summed E-state index contributed by atoms with van der Waals surface area (Å²) in [7, 11) is -4.58. The number of nitrogens with one attached hydrogen (secondary N) is 1. The van der Waals surface area contributed by atoms with Crippen molar-refractivity contribution in [3.8, 4) is 11.8 Å². The Kier molecular flexibility index (Phi) is 12.2. The highest BCUT2D eigenvalue weighted by atomic mass is 31.2. The molecule has 5 rings (SSSR count). The highest BCUT2D eigenvalue weighted by Crippen LogP contribution is 2.50. The van der Waals surface area contributed by atoms with Crippen LogP contribution in [0.5, 0.6) is 5.75 Å². The summed E-state index contributed by atoms with van der Waals surface area (Å²) in [5.41, 5.74) is 4.48. The second-order valence-electron chi connectivity index (χ2n) is 13.1. The highest BCUT2D eigenvalue weighted by molar-refractivity contribution is 7.52. The molecule has 6 atom stereocenters. The van der Waals surface area contributed by atoms with Gasteiger partial charge in [-0.05, 0) is 31.2 Å². The Bertz CT molecular complexity index is 1830. The Balaban J connectivity index is 1.52. The maximum absolute atomic E-state index is 14.5. The quantitative estimate of drug-likeness (QED) is 0.136. The molecular weight excluding hydrogens is 699 g/mol. The number of para-hydroxylation sites is 1. The van der Waals surface area contributed by atoms with Crippen LogP contribution in [-0.4, -0.2) is 82.3 Å². The van der Waals surface area contributed by atoms with Crippen molar-refractivity contribution in [2.45, 2.75) is 83.5 Å². The average molecular weight is 743 g/mol. The van der Waals surface area contributed by atoms with Gasteiger partial charge in [0.25, 0.3) is 0 Å². The number of ether oxygens (including phenoxy) is 5. The summed E-state index contributed by atoms with van der Waals surface area (Å²) in [5.74, 6) is -3.17. The van der Waals surface area contributed by atoms with Crippen molar-refractivity contribution in [2.75, 3.05) is 25.6 Å². The first-order valence-electron chi connectivity index (χ1n) is 16.9. The van der Waals surface area contributed by atoms with Gasteiger partial charge in [0, 0.05) is 12.8 Å². The lowest BCUT2D eigenvalue weighted by Crippen LogP contribution is -2.50. The van der Waals surface area contributed by atoms with E-state index in [-0.39, 0.29) is 23.4 Å². The number of hydrogen-bond donors (Lipinski definition) is 2. The van der Waals surface area contributed by atoms with E-state index in [4.69, 9.17) is 38.5 Å². The summed E-state index contributed by atoms with van der Waals surface area (Å²) in [4.78, 5) is 43.4. The van der Waals surface area contributed by atoms with Crippen molar-refractivity contribution in [3.63, 3.8) is 0 Å². The molecule has 0 aliphatic carbocycles. The lowest BCUT2D eigenvalue weighted by atomic mass is 9.95. The molecule has 0 bridgehead atoms. The molecule has 280 valence electrons. The first-order chi connectivity index (χ1) is 24.8. The molecular formula is C34H43N6O11P. The fourth-order valence-corrected chi connectivity index (χ4v) is 7.02. The number of carbonyl (C=O) groups excluding carboxylic acids is 3. The molecule has 2 aromatic heterocycles. The third-order valence-corrected chi connectivity index (χ3v) is 10.0. The topological polar surface area (TPSA) is 225 Å². The molecule has 0 spiro atoms. The molecule has 0 amide bonds. The van der Waals surface area contributed by atoms with Crippen LogP contribution < -0.4 is 15.3 Å². The van der Waals surface area contributed by atoms with E-state index in [0.717, 1.165) is 0 Å². The number of rotatable bonds is 14. The van der Waals surface area contributed by atoms with Gasteiger partial charge in [-0.3, -0.25) is 18.9 Å². The van der Waals surface area contributed by atoms with E-state index < -0.39 is 74.1 Å². The fourth-order valence-electron chi connectivity index (χ4n) is 5.50. The van der Waals surface area contributed by atoms with Crippen molar-refractivity contribution in [3.05, 3.63) is 54.5 Å². The normalized spacial score (nSPS) is 23.8. The van der Waals surface area contributed by atoms with Crippen LogP contribution in [0, 0.1) is 23.2 Å². The Hall–Kier alpha value is -4.59. The molecule has 4 heterocycles. The number of nitrogens with zero attached hydrogens (tertiary/aromatic N) is 4. The maximum Gasteiger partial charge on any atom is 0.459 e. The largest absolute Gasteiger partial charge is 0.461 e. The summed E-state index contributed by atoms with van der Waals surface area (Å²) in [6, 6.07) is 12.0. The minimum Gasteiger partial charge on any atom is -0.461 e. The van der Waals surface area contributed by atoms with Gasteiger partial charge in [-0.25, -0.2) is 14.1 Å². The summed E-state index contributed by atoms with van der Waals surface area (Å²) in [6.45, 7) is 7.83. The minimum absolute atomic E-state index is 0.114. The number of esters is 3. The predicted molar refractivity (Wildman–Crippen MR) is 182 cm³/mol. The smallest absolute Gasteiger partial charge is 0.459 e. The van der Waals surface area contributed by atoms with E-state index in [0.29, 0.717) is 31.6 Å². The number of aromatic nitrogens is 3. The number of hydrogen-bond acceptors (Lipinski definition) is 15. The molecule has 2 aliphatic rings. The Morgan fingerprint density at radius 2 is 1.69 bits per heavy atom. The summed E-state index contributed by atoms with van der Waals surface area (Å²) < 4.78 is 56.8. The van der Waals surface area contributed by atoms with E-state index in [1.54, 1.807) is 58.0 Å². The lowest BCUT2D eigenvalue weighted by molar-refractivity contribution is -0.173. The van der Waals surface area contributed by atoms with Gasteiger partial charge in [0.1, 0.15) is 48.5 Å². The zero-order chi connectivity index (χ0) is 37.6. The van der Waals surface area contributed by atoms with Crippen LogP contribution in [0.1, 0.15) is 59.3 Å². The van der Waals surface area contributed by atoms with Gasteiger partial charge in [0.05, 0.1) is 30.7 Å². The molecule has 0 unspecified atom stereocenters. The first-order valence-corrected chi connectivity index (χ1v) is 18.4. The second kappa shape index (κ2) is 16.4. The average Bonchev–Trinajstić information content (AvgIpc) is 3.68. The number of carbonyl (C=O) groups is 3. The van der Waals surface area contributed by atoms with E-state index in [1.807, 2.05) is 6.07 Å². The van der Waals surface area contributed by atoms with Crippen LogP contribution in [-0.2, 0) is 47.2 Å². The van der Waals surface area contributed by atoms with Gasteiger partial charge in [-0.2, -0.15) is 15.4 Å². The minimum atomic E-state index is -4.58. The van der Waals surface area contributed by atoms with Gasteiger partial charge in [-0.1, -0.05) is 45.9 Å². The van der Waals surface area contributed by atoms with Gasteiger partial charge in [0.2, 0.25) is 5.60 Å². The number of nitrogens with two attached hydrogens (primary N) is 1. The van der Waals surface area contributed by atoms with Crippen molar-refractivity contribution < 1.29 is 51.7 Å². The van der Waals surface area contributed by atoms with E-state index in [9.17, 15) is 24.2 Å².